The average molecular weight is 485 g/mol. The predicted octanol–water partition coefficient (Wildman–Crippen LogP) is 6.48. The number of Topliss-reactive ketones (excluding diaryl/α,β-unsaturated/α-hetero) is 1. The third-order valence-electron chi connectivity index (χ3n) is 10.5. The van der Waals surface area contributed by atoms with Crippen molar-refractivity contribution in [3.05, 3.63) is 41.5 Å². The topological polar surface area (TPSA) is 60.4 Å². The first-order chi connectivity index (χ1) is 16.0. The zero-order chi connectivity index (χ0) is 24.3. The molecule has 3 fully saturated rings. The lowest BCUT2D eigenvalue weighted by molar-refractivity contribution is -0.122. The standard InChI is InChI=1S/C29H40O4S/c1-19-5-8-23(9-6-19)34(31,32)33-18-20(2)25-11-12-26-24-10-7-21-17-22(30)13-15-28(21,3)27(24)14-16-29(25,26)4/h5-9,20,24-27H,10-18H2,1-4H3/t20?,24?,25-,26?,27?,28+,29-/m1/s1. The van der Waals surface area contributed by atoms with Gasteiger partial charge in [0.2, 0.25) is 0 Å². The summed E-state index contributed by atoms with van der Waals surface area (Å²) in [7, 11) is -3.73. The van der Waals surface area contributed by atoms with Gasteiger partial charge in [-0.1, -0.05) is 50.1 Å². The number of aryl methyl sites for hydroxylation is 1. The molecule has 0 bridgehead atoms. The molecule has 5 rings (SSSR count). The summed E-state index contributed by atoms with van der Waals surface area (Å²) in [4.78, 5) is 12.4. The minimum atomic E-state index is -3.73. The molecule has 0 saturated heterocycles. The Morgan fingerprint density at radius 3 is 2.53 bits per heavy atom. The highest BCUT2D eigenvalue weighted by Gasteiger charge is 2.59. The number of ketones is 1. The molecule has 5 heteroatoms. The van der Waals surface area contributed by atoms with Crippen LogP contribution < -0.4 is 0 Å². The van der Waals surface area contributed by atoms with Crippen LogP contribution >= 0.6 is 0 Å². The number of hydrogen-bond donors (Lipinski definition) is 0. The first kappa shape index (κ1) is 24.2. The molecule has 4 nitrogen and oxygen atoms in total. The first-order valence-corrected chi connectivity index (χ1v) is 14.6. The van der Waals surface area contributed by atoms with Crippen LogP contribution in [0.2, 0.25) is 0 Å². The van der Waals surface area contributed by atoms with Crippen molar-refractivity contribution in [1.29, 1.82) is 0 Å². The Morgan fingerprint density at radius 1 is 1.06 bits per heavy atom. The molecule has 3 saturated carbocycles. The van der Waals surface area contributed by atoms with Gasteiger partial charge in [0.1, 0.15) is 5.78 Å². The van der Waals surface area contributed by atoms with Gasteiger partial charge in [-0.3, -0.25) is 8.98 Å². The number of fused-ring (bicyclic) bond motifs is 5. The number of hydrogen-bond acceptors (Lipinski definition) is 4. The van der Waals surface area contributed by atoms with Crippen molar-refractivity contribution in [2.75, 3.05) is 6.61 Å². The lowest BCUT2D eigenvalue weighted by atomic mass is 9.47. The van der Waals surface area contributed by atoms with E-state index in [1.165, 1.54) is 24.8 Å². The normalized spacial score (nSPS) is 38.5. The van der Waals surface area contributed by atoms with Gasteiger partial charge < -0.3 is 0 Å². The third kappa shape index (κ3) is 3.91. The van der Waals surface area contributed by atoms with Crippen molar-refractivity contribution in [1.82, 2.24) is 0 Å². The molecule has 0 amide bonds. The fraction of sp³-hybridized carbons (Fsp3) is 0.690. The highest BCUT2D eigenvalue weighted by molar-refractivity contribution is 7.86. The van der Waals surface area contributed by atoms with E-state index in [1.807, 2.05) is 19.1 Å². The molecule has 7 atom stereocenters. The highest BCUT2D eigenvalue weighted by atomic mass is 32.2. The van der Waals surface area contributed by atoms with Crippen LogP contribution in [0.5, 0.6) is 0 Å². The van der Waals surface area contributed by atoms with Crippen LogP contribution in [0.25, 0.3) is 0 Å². The summed E-state index contributed by atoms with van der Waals surface area (Å²) in [6, 6.07) is 6.89. The van der Waals surface area contributed by atoms with Crippen LogP contribution in [0, 0.1) is 47.3 Å². The van der Waals surface area contributed by atoms with Gasteiger partial charge in [0.15, 0.2) is 0 Å². The Labute approximate surface area is 205 Å². The molecular weight excluding hydrogens is 444 g/mol. The average Bonchev–Trinajstić information content (AvgIpc) is 3.15. The first-order valence-electron chi connectivity index (χ1n) is 13.2. The number of benzene rings is 1. The van der Waals surface area contributed by atoms with Gasteiger partial charge in [0, 0.05) is 12.8 Å². The summed E-state index contributed by atoms with van der Waals surface area (Å²) in [5.74, 6) is 3.15. The quantitative estimate of drug-likeness (QED) is 0.354. The Morgan fingerprint density at radius 2 is 1.79 bits per heavy atom. The van der Waals surface area contributed by atoms with Gasteiger partial charge in [-0.25, -0.2) is 0 Å². The van der Waals surface area contributed by atoms with Gasteiger partial charge >= 0.3 is 0 Å². The van der Waals surface area contributed by atoms with E-state index in [0.717, 1.165) is 31.2 Å². The van der Waals surface area contributed by atoms with Crippen LogP contribution in [0.1, 0.15) is 77.7 Å². The van der Waals surface area contributed by atoms with Gasteiger partial charge in [-0.05, 0) is 98.0 Å². The summed E-state index contributed by atoms with van der Waals surface area (Å²) >= 11 is 0. The van der Waals surface area contributed by atoms with E-state index in [9.17, 15) is 13.2 Å². The molecule has 4 aliphatic carbocycles. The van der Waals surface area contributed by atoms with Gasteiger partial charge in [0.25, 0.3) is 10.1 Å². The minimum Gasteiger partial charge on any atom is -0.299 e. The van der Waals surface area contributed by atoms with Crippen molar-refractivity contribution in [2.24, 2.45) is 40.4 Å². The van der Waals surface area contributed by atoms with Crippen LogP contribution in [0.3, 0.4) is 0 Å². The summed E-state index contributed by atoms with van der Waals surface area (Å²) in [6.45, 7) is 9.29. The van der Waals surface area contributed by atoms with Crippen LogP contribution in [0.15, 0.2) is 40.8 Å². The fourth-order valence-corrected chi connectivity index (χ4v) is 9.54. The summed E-state index contributed by atoms with van der Waals surface area (Å²) < 4.78 is 31.1. The number of allylic oxidation sites excluding steroid dienone is 2. The maximum Gasteiger partial charge on any atom is 0.296 e. The number of carbonyl (C=O) groups excluding carboxylic acids is 1. The van der Waals surface area contributed by atoms with Crippen LogP contribution in [-0.2, 0) is 19.1 Å². The largest absolute Gasteiger partial charge is 0.299 e. The maximum absolute atomic E-state index is 12.8. The second kappa shape index (κ2) is 8.58. The van der Waals surface area contributed by atoms with Crippen molar-refractivity contribution in [3.8, 4) is 0 Å². The van der Waals surface area contributed by atoms with E-state index < -0.39 is 10.1 Å². The molecule has 0 aliphatic heterocycles. The van der Waals surface area contributed by atoms with Crippen LogP contribution in [-0.4, -0.2) is 20.8 Å². The van der Waals surface area contributed by atoms with Crippen molar-refractivity contribution < 1.29 is 17.4 Å². The third-order valence-corrected chi connectivity index (χ3v) is 11.8. The highest BCUT2D eigenvalue weighted by Crippen LogP contribution is 2.67. The van der Waals surface area contributed by atoms with Crippen molar-refractivity contribution in [2.45, 2.75) is 84.0 Å². The molecule has 1 aromatic rings. The van der Waals surface area contributed by atoms with E-state index in [0.29, 0.717) is 35.9 Å². The predicted molar refractivity (Wildman–Crippen MR) is 134 cm³/mol. The van der Waals surface area contributed by atoms with Gasteiger partial charge in [-0.2, -0.15) is 8.42 Å². The molecule has 0 aromatic heterocycles. The summed E-state index contributed by atoms with van der Waals surface area (Å²) in [6.07, 6.45) is 10.8. The second-order valence-electron chi connectivity index (χ2n) is 12.2. The molecule has 34 heavy (non-hydrogen) atoms. The lowest BCUT2D eigenvalue weighted by Gasteiger charge is -2.57. The monoisotopic (exact) mass is 484 g/mol. The van der Waals surface area contributed by atoms with E-state index in [4.69, 9.17) is 4.18 Å². The molecule has 4 aliphatic rings. The Balaban J connectivity index is 1.29. The second-order valence-corrected chi connectivity index (χ2v) is 13.8. The zero-order valence-corrected chi connectivity index (χ0v) is 22.0. The summed E-state index contributed by atoms with van der Waals surface area (Å²) in [5, 5.41) is 0. The smallest absolute Gasteiger partial charge is 0.296 e. The molecule has 0 spiro atoms. The SMILES string of the molecule is Cc1ccc(S(=O)(=O)OCC(C)[C@H]2CCC3C4CC=C5CC(=O)CC[C@]5(C)C4CC[C@@]32C)cc1. The Bertz CT molecular complexity index is 1090. The molecule has 4 unspecified atom stereocenters. The number of rotatable bonds is 5. The van der Waals surface area contributed by atoms with Gasteiger partial charge in [0.05, 0.1) is 11.5 Å². The maximum atomic E-state index is 12.8. The Hall–Kier alpha value is -1.46. The zero-order valence-electron chi connectivity index (χ0n) is 21.2. The molecule has 1 aromatic carbocycles. The molecule has 0 heterocycles. The van der Waals surface area contributed by atoms with Gasteiger partial charge in [-0.15, -0.1) is 0 Å². The molecule has 0 radical (unpaired) electrons. The van der Waals surface area contributed by atoms with E-state index in [2.05, 4.69) is 26.8 Å². The molecular formula is C29H40O4S. The molecule has 0 N–H and O–H groups in total. The minimum absolute atomic E-state index is 0.198. The van der Waals surface area contributed by atoms with E-state index in [1.54, 1.807) is 12.1 Å². The van der Waals surface area contributed by atoms with Crippen molar-refractivity contribution >= 4 is 15.9 Å². The number of carbonyl (C=O) groups is 1. The lowest BCUT2D eigenvalue weighted by Crippen LogP contribution is -2.50. The van der Waals surface area contributed by atoms with Crippen molar-refractivity contribution in [3.63, 3.8) is 0 Å². The van der Waals surface area contributed by atoms with E-state index >= 15 is 0 Å². The van der Waals surface area contributed by atoms with E-state index in [-0.39, 0.29) is 28.3 Å². The summed E-state index contributed by atoms with van der Waals surface area (Å²) in [5.41, 5.74) is 2.90. The van der Waals surface area contributed by atoms with Crippen LogP contribution in [0.4, 0.5) is 0 Å². The Kier molecular flexibility index (Phi) is 6.12. The fourth-order valence-electron chi connectivity index (χ4n) is 8.54. The molecule has 186 valence electrons.